The molecule has 0 saturated heterocycles. The molecule has 0 N–H and O–H groups in total. The molecular weight excluding hydrogens is 440 g/mol. The smallest absolute Gasteiger partial charge is 0.338 e. The summed E-state index contributed by atoms with van der Waals surface area (Å²) in [5, 5.41) is 0. The molecule has 0 aliphatic carbocycles. The van der Waals surface area contributed by atoms with Crippen molar-refractivity contribution < 1.29 is 27.4 Å². The number of hydrogen-bond donors (Lipinski definition) is 0. The fourth-order valence-electron chi connectivity index (χ4n) is 3.53. The quantitative estimate of drug-likeness (QED) is 0.313. The molecule has 33 heavy (non-hydrogen) atoms. The summed E-state index contributed by atoms with van der Waals surface area (Å²) in [5.41, 5.74) is 3.92. The SMILES string of the molecule is COC(=O)c1cc(OCCCS(C)(=O)=O)ccc1-c1c(C)cccc1COc1ccccc1. The number of aryl methyl sites for hydroxylation is 1. The predicted molar refractivity (Wildman–Crippen MR) is 129 cm³/mol. The van der Waals surface area contributed by atoms with Gasteiger partial charge in [0.25, 0.3) is 0 Å². The number of ether oxygens (including phenoxy) is 3. The van der Waals surface area contributed by atoms with Crippen LogP contribution in [0.4, 0.5) is 0 Å². The Morgan fingerprint density at radius 2 is 1.67 bits per heavy atom. The van der Waals surface area contributed by atoms with Gasteiger partial charge in [0.1, 0.15) is 27.9 Å². The van der Waals surface area contributed by atoms with Crippen LogP contribution in [-0.4, -0.2) is 40.1 Å². The summed E-state index contributed by atoms with van der Waals surface area (Å²) in [6.07, 6.45) is 1.56. The van der Waals surface area contributed by atoms with Crippen LogP contribution in [0.25, 0.3) is 11.1 Å². The van der Waals surface area contributed by atoms with E-state index in [1.54, 1.807) is 12.1 Å². The van der Waals surface area contributed by atoms with Crippen molar-refractivity contribution in [2.75, 3.05) is 25.7 Å². The molecule has 0 spiro atoms. The van der Waals surface area contributed by atoms with E-state index in [1.165, 1.54) is 13.4 Å². The number of esters is 1. The Kier molecular flexibility index (Phi) is 8.11. The highest BCUT2D eigenvalue weighted by Gasteiger charge is 2.19. The molecule has 0 saturated carbocycles. The van der Waals surface area contributed by atoms with E-state index in [9.17, 15) is 13.2 Å². The van der Waals surface area contributed by atoms with E-state index >= 15 is 0 Å². The second-order valence-corrected chi connectivity index (χ2v) is 10.0. The van der Waals surface area contributed by atoms with Gasteiger partial charge in [-0.3, -0.25) is 0 Å². The van der Waals surface area contributed by atoms with Gasteiger partial charge in [-0.2, -0.15) is 0 Å². The first-order valence-electron chi connectivity index (χ1n) is 10.6. The van der Waals surface area contributed by atoms with E-state index < -0.39 is 15.8 Å². The zero-order valence-corrected chi connectivity index (χ0v) is 19.9. The molecule has 3 aromatic carbocycles. The molecule has 0 fully saturated rings. The van der Waals surface area contributed by atoms with Crippen molar-refractivity contribution in [1.82, 2.24) is 0 Å². The normalized spacial score (nSPS) is 11.1. The van der Waals surface area contributed by atoms with Crippen LogP contribution in [0.15, 0.2) is 66.7 Å². The predicted octanol–water partition coefficient (Wildman–Crippen LogP) is 4.84. The molecule has 0 aliphatic rings. The number of carbonyl (C=O) groups is 1. The van der Waals surface area contributed by atoms with Crippen molar-refractivity contribution >= 4 is 15.8 Å². The van der Waals surface area contributed by atoms with Crippen LogP contribution in [-0.2, 0) is 21.2 Å². The Labute approximate surface area is 195 Å². The van der Waals surface area contributed by atoms with Crippen LogP contribution < -0.4 is 9.47 Å². The van der Waals surface area contributed by atoms with Crippen molar-refractivity contribution in [3.63, 3.8) is 0 Å². The fourth-order valence-corrected chi connectivity index (χ4v) is 4.18. The maximum atomic E-state index is 12.6. The van der Waals surface area contributed by atoms with Crippen LogP contribution in [0.1, 0.15) is 27.9 Å². The Morgan fingerprint density at radius 1 is 0.909 bits per heavy atom. The van der Waals surface area contributed by atoms with Crippen molar-refractivity contribution in [2.45, 2.75) is 20.0 Å². The molecule has 0 atom stereocenters. The largest absolute Gasteiger partial charge is 0.494 e. The maximum Gasteiger partial charge on any atom is 0.338 e. The maximum absolute atomic E-state index is 12.6. The third kappa shape index (κ3) is 6.83. The van der Waals surface area contributed by atoms with E-state index in [0.717, 1.165) is 28.0 Å². The standard InChI is InChI=1S/C26H28O6S/c1-19-9-7-10-20(18-32-21-11-5-4-6-12-21)25(19)23-14-13-22(17-24(23)26(27)30-2)31-15-8-16-33(3,28)29/h4-7,9-14,17H,8,15-16,18H2,1-3H3. The molecule has 3 aromatic rings. The number of benzene rings is 3. The topological polar surface area (TPSA) is 78.9 Å². The van der Waals surface area contributed by atoms with Crippen LogP contribution >= 0.6 is 0 Å². The lowest BCUT2D eigenvalue weighted by Gasteiger charge is -2.17. The summed E-state index contributed by atoms with van der Waals surface area (Å²) in [4.78, 5) is 12.6. The Hall–Kier alpha value is -3.32. The Morgan fingerprint density at radius 3 is 2.36 bits per heavy atom. The molecule has 3 rings (SSSR count). The Bertz CT molecular complexity index is 1200. The lowest BCUT2D eigenvalue weighted by Crippen LogP contribution is -2.09. The fraction of sp³-hybridized carbons (Fsp3) is 0.269. The Balaban J connectivity index is 1.90. The van der Waals surface area contributed by atoms with Crippen LogP contribution in [0.3, 0.4) is 0 Å². The van der Waals surface area contributed by atoms with E-state index in [0.29, 0.717) is 24.3 Å². The van der Waals surface area contributed by atoms with Gasteiger partial charge < -0.3 is 14.2 Å². The van der Waals surface area contributed by atoms with Gasteiger partial charge in [-0.15, -0.1) is 0 Å². The van der Waals surface area contributed by atoms with Gasteiger partial charge in [0, 0.05) is 6.26 Å². The van der Waals surface area contributed by atoms with Crippen LogP contribution in [0.2, 0.25) is 0 Å². The van der Waals surface area contributed by atoms with Crippen molar-refractivity contribution in [2.24, 2.45) is 0 Å². The van der Waals surface area contributed by atoms with E-state index in [4.69, 9.17) is 14.2 Å². The number of rotatable bonds is 10. The summed E-state index contributed by atoms with van der Waals surface area (Å²) in [6, 6.07) is 20.7. The van der Waals surface area contributed by atoms with Gasteiger partial charge >= 0.3 is 5.97 Å². The molecule has 7 heteroatoms. The lowest BCUT2D eigenvalue weighted by atomic mass is 9.91. The first kappa shape index (κ1) is 24.3. The van der Waals surface area contributed by atoms with E-state index in [1.807, 2.05) is 61.5 Å². The minimum absolute atomic E-state index is 0.0446. The third-order valence-corrected chi connectivity index (χ3v) is 6.12. The summed E-state index contributed by atoms with van der Waals surface area (Å²) >= 11 is 0. The average Bonchev–Trinajstić information content (AvgIpc) is 2.80. The monoisotopic (exact) mass is 468 g/mol. The number of hydrogen-bond acceptors (Lipinski definition) is 6. The zero-order chi connectivity index (χ0) is 23.8. The van der Waals surface area contributed by atoms with Crippen LogP contribution in [0, 0.1) is 6.92 Å². The summed E-state index contributed by atoms with van der Waals surface area (Å²) < 4.78 is 39.3. The minimum Gasteiger partial charge on any atom is -0.494 e. The number of sulfone groups is 1. The molecule has 0 bridgehead atoms. The van der Waals surface area contributed by atoms with Gasteiger partial charge in [-0.25, -0.2) is 13.2 Å². The second kappa shape index (κ2) is 11.0. The molecule has 0 aliphatic heterocycles. The third-order valence-electron chi connectivity index (χ3n) is 5.09. The molecular formula is C26H28O6S. The number of methoxy groups -OCH3 is 1. The molecule has 174 valence electrons. The molecule has 0 aromatic heterocycles. The molecule has 0 radical (unpaired) electrons. The average molecular weight is 469 g/mol. The first-order valence-corrected chi connectivity index (χ1v) is 12.6. The highest BCUT2D eigenvalue weighted by Crippen LogP contribution is 2.34. The number of para-hydroxylation sites is 1. The van der Waals surface area contributed by atoms with Gasteiger partial charge in [0.2, 0.25) is 0 Å². The van der Waals surface area contributed by atoms with Gasteiger partial charge in [-0.1, -0.05) is 36.4 Å². The molecule has 6 nitrogen and oxygen atoms in total. The van der Waals surface area contributed by atoms with E-state index in [2.05, 4.69) is 0 Å². The summed E-state index contributed by atoms with van der Waals surface area (Å²) in [6.45, 7) is 2.55. The minimum atomic E-state index is -3.05. The number of carbonyl (C=O) groups excluding carboxylic acids is 1. The highest BCUT2D eigenvalue weighted by atomic mass is 32.2. The first-order chi connectivity index (χ1) is 15.8. The van der Waals surface area contributed by atoms with Gasteiger partial charge in [-0.05, 0) is 65.9 Å². The second-order valence-electron chi connectivity index (χ2n) is 7.74. The van der Waals surface area contributed by atoms with Crippen LogP contribution in [0.5, 0.6) is 11.5 Å². The molecule has 0 heterocycles. The highest BCUT2D eigenvalue weighted by molar-refractivity contribution is 7.90. The van der Waals surface area contributed by atoms with E-state index in [-0.39, 0.29) is 12.4 Å². The lowest BCUT2D eigenvalue weighted by molar-refractivity contribution is 0.0601. The summed E-state index contributed by atoms with van der Waals surface area (Å²) in [5.74, 6) is 0.798. The molecule has 0 amide bonds. The van der Waals surface area contributed by atoms with Crippen molar-refractivity contribution in [3.05, 3.63) is 83.4 Å². The van der Waals surface area contributed by atoms with Gasteiger partial charge in [0.05, 0.1) is 25.0 Å². The van der Waals surface area contributed by atoms with Gasteiger partial charge in [0.15, 0.2) is 0 Å². The summed E-state index contributed by atoms with van der Waals surface area (Å²) in [7, 11) is -1.71. The van der Waals surface area contributed by atoms with Crippen molar-refractivity contribution in [3.8, 4) is 22.6 Å². The molecule has 0 unspecified atom stereocenters. The zero-order valence-electron chi connectivity index (χ0n) is 19.0. The van der Waals surface area contributed by atoms with Crippen molar-refractivity contribution in [1.29, 1.82) is 0 Å².